The van der Waals surface area contributed by atoms with E-state index in [-0.39, 0.29) is 5.60 Å². The first-order valence-electron chi connectivity index (χ1n) is 7.12. The van der Waals surface area contributed by atoms with Crippen LogP contribution in [-0.4, -0.2) is 23.1 Å². The van der Waals surface area contributed by atoms with Crippen LogP contribution in [0.2, 0.25) is 0 Å². The number of ether oxygens (including phenoxy) is 1. The molecule has 4 nitrogen and oxygen atoms in total. The van der Waals surface area contributed by atoms with Gasteiger partial charge in [-0.3, -0.25) is 4.98 Å². The lowest BCUT2D eigenvalue weighted by molar-refractivity contribution is -0.0573. The van der Waals surface area contributed by atoms with Crippen LogP contribution in [0, 0.1) is 0 Å². The predicted octanol–water partition coefficient (Wildman–Crippen LogP) is 2.50. The van der Waals surface area contributed by atoms with Gasteiger partial charge in [-0.1, -0.05) is 12.1 Å². The van der Waals surface area contributed by atoms with Crippen molar-refractivity contribution in [1.82, 2.24) is 9.97 Å². The Labute approximate surface area is 118 Å². The highest BCUT2D eigenvalue weighted by Crippen LogP contribution is 2.43. The van der Waals surface area contributed by atoms with Gasteiger partial charge in [0.05, 0.1) is 12.3 Å². The number of hydrogen-bond acceptors (Lipinski definition) is 4. The van der Waals surface area contributed by atoms with Crippen LogP contribution >= 0.6 is 0 Å². The molecule has 1 fully saturated rings. The maximum absolute atomic E-state index is 6.13. The molecule has 102 valence electrons. The van der Waals surface area contributed by atoms with Crippen LogP contribution in [0.25, 0.3) is 0 Å². The van der Waals surface area contributed by atoms with Crippen LogP contribution < -0.4 is 4.90 Å². The van der Waals surface area contributed by atoms with Gasteiger partial charge < -0.3 is 9.64 Å². The van der Waals surface area contributed by atoms with E-state index in [0.717, 1.165) is 37.4 Å². The van der Waals surface area contributed by atoms with E-state index < -0.39 is 0 Å². The summed E-state index contributed by atoms with van der Waals surface area (Å²) in [5.74, 6) is 1.06. The van der Waals surface area contributed by atoms with Gasteiger partial charge in [0.25, 0.3) is 0 Å². The van der Waals surface area contributed by atoms with Gasteiger partial charge in [0.15, 0.2) is 0 Å². The van der Waals surface area contributed by atoms with Crippen LogP contribution in [0.3, 0.4) is 0 Å². The van der Waals surface area contributed by atoms with E-state index in [1.807, 2.05) is 30.6 Å². The Bertz CT molecular complexity index is 606. The molecule has 0 aliphatic carbocycles. The predicted molar refractivity (Wildman–Crippen MR) is 76.4 cm³/mol. The summed E-state index contributed by atoms with van der Waals surface area (Å²) in [6, 6.07) is 10.2. The highest BCUT2D eigenvalue weighted by atomic mass is 16.5. The molecule has 20 heavy (non-hydrogen) atoms. The minimum atomic E-state index is -0.165. The zero-order valence-electron chi connectivity index (χ0n) is 11.3. The Morgan fingerprint density at radius 3 is 2.65 bits per heavy atom. The second kappa shape index (κ2) is 4.56. The molecule has 0 amide bonds. The Morgan fingerprint density at radius 1 is 1.00 bits per heavy atom. The molecule has 2 aliphatic rings. The summed E-state index contributed by atoms with van der Waals surface area (Å²) in [7, 11) is 0. The molecular formula is C16H17N3O. The normalized spacial score (nSPS) is 20.1. The smallest absolute Gasteiger partial charge is 0.128 e. The van der Waals surface area contributed by atoms with E-state index in [4.69, 9.17) is 4.74 Å². The van der Waals surface area contributed by atoms with Crippen molar-refractivity contribution in [3.8, 4) is 0 Å². The van der Waals surface area contributed by atoms with Crippen molar-refractivity contribution in [2.45, 2.75) is 25.0 Å². The fourth-order valence-corrected chi connectivity index (χ4v) is 3.27. The Hall–Kier alpha value is -1.94. The highest BCUT2D eigenvalue weighted by molar-refractivity contribution is 5.40. The van der Waals surface area contributed by atoms with E-state index in [1.165, 1.54) is 5.56 Å². The molecule has 0 atom stereocenters. The molecule has 1 saturated heterocycles. The molecule has 0 saturated carbocycles. The lowest BCUT2D eigenvalue weighted by Crippen LogP contribution is -2.43. The number of piperidine rings is 1. The van der Waals surface area contributed by atoms with Gasteiger partial charge in [0, 0.05) is 31.0 Å². The molecule has 2 aromatic rings. The van der Waals surface area contributed by atoms with Crippen LogP contribution in [0.1, 0.15) is 24.1 Å². The minimum absolute atomic E-state index is 0.165. The van der Waals surface area contributed by atoms with Crippen molar-refractivity contribution in [2.24, 2.45) is 0 Å². The molecule has 0 N–H and O–H groups in total. The molecule has 4 heteroatoms. The number of nitrogens with zero attached hydrogens (tertiary/aromatic N) is 3. The molecule has 4 rings (SSSR count). The molecule has 2 aromatic heterocycles. The van der Waals surface area contributed by atoms with Crippen molar-refractivity contribution in [3.63, 3.8) is 0 Å². The van der Waals surface area contributed by atoms with Gasteiger partial charge in [-0.2, -0.15) is 0 Å². The lowest BCUT2D eigenvalue weighted by Gasteiger charge is -2.39. The van der Waals surface area contributed by atoms with E-state index in [9.17, 15) is 0 Å². The zero-order valence-corrected chi connectivity index (χ0v) is 11.3. The summed E-state index contributed by atoms with van der Waals surface area (Å²) in [5.41, 5.74) is 2.24. The number of pyridine rings is 2. The average molecular weight is 267 g/mol. The maximum atomic E-state index is 6.13. The molecule has 1 spiro atoms. The number of fused-ring (bicyclic) bond motifs is 2. The molecule has 0 unspecified atom stereocenters. The van der Waals surface area contributed by atoms with Gasteiger partial charge in [0.1, 0.15) is 11.4 Å². The van der Waals surface area contributed by atoms with Crippen LogP contribution in [0.15, 0.2) is 42.7 Å². The largest absolute Gasteiger partial charge is 0.364 e. The molecular weight excluding hydrogens is 250 g/mol. The van der Waals surface area contributed by atoms with Gasteiger partial charge in [-0.25, -0.2) is 4.98 Å². The summed E-state index contributed by atoms with van der Waals surface area (Å²) in [5, 5.41) is 0. The fraction of sp³-hybridized carbons (Fsp3) is 0.375. The molecule has 0 radical (unpaired) electrons. The molecule has 4 heterocycles. The maximum Gasteiger partial charge on any atom is 0.128 e. The second-order valence-corrected chi connectivity index (χ2v) is 5.47. The fourth-order valence-electron chi connectivity index (χ4n) is 3.27. The Kier molecular flexibility index (Phi) is 2.70. The first kappa shape index (κ1) is 11.9. The summed E-state index contributed by atoms with van der Waals surface area (Å²) in [4.78, 5) is 11.3. The molecule has 0 aromatic carbocycles. The summed E-state index contributed by atoms with van der Waals surface area (Å²) in [6.07, 6.45) is 5.68. The molecule has 2 aliphatic heterocycles. The third kappa shape index (κ3) is 1.79. The minimum Gasteiger partial charge on any atom is -0.364 e. The van der Waals surface area contributed by atoms with Crippen LogP contribution in [0.4, 0.5) is 5.82 Å². The zero-order chi connectivity index (χ0) is 13.4. The summed E-state index contributed by atoms with van der Waals surface area (Å²) >= 11 is 0. The topological polar surface area (TPSA) is 38.2 Å². The van der Waals surface area contributed by atoms with Crippen molar-refractivity contribution in [2.75, 3.05) is 18.0 Å². The average Bonchev–Trinajstić information content (AvgIpc) is 2.88. The first-order chi connectivity index (χ1) is 9.87. The van der Waals surface area contributed by atoms with Gasteiger partial charge in [-0.15, -0.1) is 0 Å². The van der Waals surface area contributed by atoms with Gasteiger partial charge in [-0.05, 0) is 31.0 Å². The number of anilines is 1. The molecule has 0 bridgehead atoms. The third-order valence-electron chi connectivity index (χ3n) is 4.37. The van der Waals surface area contributed by atoms with Gasteiger partial charge in [0.2, 0.25) is 0 Å². The van der Waals surface area contributed by atoms with Crippen molar-refractivity contribution in [1.29, 1.82) is 0 Å². The van der Waals surface area contributed by atoms with Crippen LogP contribution in [0.5, 0.6) is 0 Å². The lowest BCUT2D eigenvalue weighted by atomic mass is 9.87. The Balaban J connectivity index is 1.56. The second-order valence-electron chi connectivity index (χ2n) is 5.47. The van der Waals surface area contributed by atoms with E-state index in [0.29, 0.717) is 6.61 Å². The van der Waals surface area contributed by atoms with E-state index >= 15 is 0 Å². The quantitative estimate of drug-likeness (QED) is 0.795. The number of aromatic nitrogens is 2. The van der Waals surface area contributed by atoms with E-state index in [1.54, 1.807) is 0 Å². The van der Waals surface area contributed by atoms with Crippen molar-refractivity contribution >= 4 is 5.82 Å². The van der Waals surface area contributed by atoms with Crippen molar-refractivity contribution in [3.05, 3.63) is 54.0 Å². The number of rotatable bonds is 1. The number of hydrogen-bond donors (Lipinski definition) is 0. The van der Waals surface area contributed by atoms with Crippen LogP contribution in [-0.2, 0) is 16.9 Å². The SMILES string of the molecule is c1ccc(N2CCC3(CC2)OCc2cccnc23)nc1. The highest BCUT2D eigenvalue weighted by Gasteiger charge is 2.43. The summed E-state index contributed by atoms with van der Waals surface area (Å²) < 4.78 is 6.13. The summed E-state index contributed by atoms with van der Waals surface area (Å²) in [6.45, 7) is 2.63. The monoisotopic (exact) mass is 267 g/mol. The first-order valence-corrected chi connectivity index (χ1v) is 7.12. The standard InChI is InChI=1S/C16H17N3O/c1-2-8-17-14(5-1)19-10-6-16(7-11-19)15-13(12-20-16)4-3-9-18-15/h1-5,8-9H,6-7,10-12H2. The van der Waals surface area contributed by atoms with Crippen molar-refractivity contribution < 1.29 is 4.74 Å². The third-order valence-corrected chi connectivity index (χ3v) is 4.37. The Morgan fingerprint density at radius 2 is 1.85 bits per heavy atom. The van der Waals surface area contributed by atoms with Gasteiger partial charge >= 0.3 is 0 Å². The van der Waals surface area contributed by atoms with E-state index in [2.05, 4.69) is 27.0 Å².